The van der Waals surface area contributed by atoms with Crippen molar-refractivity contribution in [2.45, 2.75) is 26.6 Å². The van der Waals surface area contributed by atoms with Crippen LogP contribution in [0.1, 0.15) is 18.1 Å². The summed E-state index contributed by atoms with van der Waals surface area (Å²) < 4.78 is 1.93. The van der Waals surface area contributed by atoms with Gasteiger partial charge in [-0.05, 0) is 36.8 Å². The number of hydrogen-bond donors (Lipinski definition) is 1. The Labute approximate surface area is 159 Å². The molecule has 0 radical (unpaired) electrons. The van der Waals surface area contributed by atoms with Gasteiger partial charge in [0.1, 0.15) is 0 Å². The Bertz CT molecular complexity index is 709. The predicted octanol–water partition coefficient (Wildman–Crippen LogP) is 2.75. The number of rotatable bonds is 5. The van der Waals surface area contributed by atoms with Crippen LogP contribution in [0.2, 0.25) is 5.02 Å². The summed E-state index contributed by atoms with van der Waals surface area (Å²) in [5.41, 5.74) is 2.42. The molecule has 25 heavy (non-hydrogen) atoms. The van der Waals surface area contributed by atoms with E-state index in [9.17, 15) is 0 Å². The van der Waals surface area contributed by atoms with Crippen molar-refractivity contribution in [1.82, 2.24) is 24.9 Å². The zero-order chi connectivity index (χ0) is 17.6. The number of aromatic nitrogens is 2. The largest absolute Gasteiger partial charge is 0.358 e. The molecule has 1 aliphatic rings. The first-order valence-corrected chi connectivity index (χ1v) is 9.43. The highest BCUT2D eigenvalue weighted by Crippen LogP contribution is 2.14. The number of thiocarbonyl (C=S) groups is 1. The van der Waals surface area contributed by atoms with E-state index in [1.807, 2.05) is 29.1 Å². The number of piperazine rings is 1. The second-order valence-electron chi connectivity index (χ2n) is 6.26. The molecule has 1 N–H and O–H groups in total. The molecule has 2 heterocycles. The summed E-state index contributed by atoms with van der Waals surface area (Å²) in [6.07, 6.45) is 3.95. The molecule has 1 fully saturated rings. The van der Waals surface area contributed by atoms with E-state index in [1.54, 1.807) is 0 Å². The number of hydrogen-bond acceptors (Lipinski definition) is 3. The Morgan fingerprint density at radius 2 is 2.04 bits per heavy atom. The van der Waals surface area contributed by atoms with Crippen molar-refractivity contribution < 1.29 is 0 Å². The average Bonchev–Trinajstić information content (AvgIpc) is 3.08. The molecule has 2 aromatic rings. The summed E-state index contributed by atoms with van der Waals surface area (Å²) in [4.78, 5) is 4.68. The van der Waals surface area contributed by atoms with Gasteiger partial charge in [-0.2, -0.15) is 5.10 Å². The van der Waals surface area contributed by atoms with E-state index in [4.69, 9.17) is 23.8 Å². The minimum absolute atomic E-state index is 0.724. The fourth-order valence-electron chi connectivity index (χ4n) is 2.96. The maximum Gasteiger partial charge on any atom is 0.169 e. The highest BCUT2D eigenvalue weighted by atomic mass is 35.5. The van der Waals surface area contributed by atoms with E-state index in [-0.39, 0.29) is 0 Å². The van der Waals surface area contributed by atoms with Gasteiger partial charge in [-0.15, -0.1) is 0 Å². The Balaban J connectivity index is 1.42. The van der Waals surface area contributed by atoms with Crippen LogP contribution in [-0.2, 0) is 19.6 Å². The summed E-state index contributed by atoms with van der Waals surface area (Å²) >= 11 is 11.6. The van der Waals surface area contributed by atoms with E-state index in [1.165, 1.54) is 5.56 Å². The molecule has 0 atom stereocenters. The van der Waals surface area contributed by atoms with E-state index >= 15 is 0 Å². The zero-order valence-electron chi connectivity index (χ0n) is 14.5. The fraction of sp³-hybridized carbons (Fsp3) is 0.444. The second kappa shape index (κ2) is 8.65. The van der Waals surface area contributed by atoms with Crippen LogP contribution < -0.4 is 5.32 Å². The Morgan fingerprint density at radius 3 is 2.72 bits per heavy atom. The van der Waals surface area contributed by atoms with Crippen molar-refractivity contribution in [1.29, 1.82) is 0 Å². The number of nitrogens with one attached hydrogen (secondary N) is 1. The molecule has 0 spiro atoms. The quantitative estimate of drug-likeness (QED) is 0.811. The smallest absolute Gasteiger partial charge is 0.169 e. The molecule has 1 saturated heterocycles. The molecule has 0 amide bonds. The SMILES string of the molecule is CCn1cc(CNC(=S)N2CCN(Cc3cccc(Cl)c3)CC2)cn1. The topological polar surface area (TPSA) is 36.3 Å². The van der Waals surface area contributed by atoms with E-state index in [0.717, 1.165) is 61.5 Å². The van der Waals surface area contributed by atoms with E-state index < -0.39 is 0 Å². The van der Waals surface area contributed by atoms with Gasteiger partial charge in [0.15, 0.2) is 5.11 Å². The molecule has 7 heteroatoms. The number of halogens is 1. The minimum Gasteiger partial charge on any atom is -0.358 e. The lowest BCUT2D eigenvalue weighted by molar-refractivity contribution is 0.174. The van der Waals surface area contributed by atoms with Crippen LogP contribution >= 0.6 is 23.8 Å². The van der Waals surface area contributed by atoms with Crippen LogP contribution in [0.3, 0.4) is 0 Å². The minimum atomic E-state index is 0.724. The predicted molar refractivity (Wildman–Crippen MR) is 106 cm³/mol. The van der Waals surface area contributed by atoms with Crippen LogP contribution in [0.15, 0.2) is 36.7 Å². The summed E-state index contributed by atoms with van der Waals surface area (Å²) in [6, 6.07) is 8.09. The number of aryl methyl sites for hydroxylation is 1. The van der Waals surface area contributed by atoms with E-state index in [2.05, 4.69) is 39.4 Å². The number of nitrogens with zero attached hydrogens (tertiary/aromatic N) is 4. The molecule has 1 aliphatic heterocycles. The highest BCUT2D eigenvalue weighted by molar-refractivity contribution is 7.80. The summed E-state index contributed by atoms with van der Waals surface area (Å²) in [5.74, 6) is 0. The van der Waals surface area contributed by atoms with Crippen molar-refractivity contribution in [2.75, 3.05) is 26.2 Å². The van der Waals surface area contributed by atoms with Gasteiger partial charge in [-0.1, -0.05) is 23.7 Å². The van der Waals surface area contributed by atoms with Gasteiger partial charge in [-0.3, -0.25) is 9.58 Å². The van der Waals surface area contributed by atoms with Crippen LogP contribution in [0.4, 0.5) is 0 Å². The lowest BCUT2D eigenvalue weighted by Crippen LogP contribution is -2.51. The average molecular weight is 378 g/mol. The van der Waals surface area contributed by atoms with E-state index in [0.29, 0.717) is 0 Å². The maximum absolute atomic E-state index is 6.07. The normalized spacial score (nSPS) is 15.4. The first-order chi connectivity index (χ1) is 12.1. The summed E-state index contributed by atoms with van der Waals surface area (Å²) in [6.45, 7) is 8.52. The zero-order valence-corrected chi connectivity index (χ0v) is 16.1. The molecule has 134 valence electrons. The van der Waals surface area contributed by atoms with Crippen molar-refractivity contribution in [2.24, 2.45) is 0 Å². The third kappa shape index (κ3) is 5.17. The van der Waals surface area contributed by atoms with Crippen LogP contribution in [0.25, 0.3) is 0 Å². The van der Waals surface area contributed by atoms with Crippen molar-refractivity contribution in [3.63, 3.8) is 0 Å². The van der Waals surface area contributed by atoms with Gasteiger partial charge in [0.05, 0.1) is 6.20 Å². The Kier molecular flexibility index (Phi) is 6.29. The first-order valence-electron chi connectivity index (χ1n) is 8.65. The molecule has 0 saturated carbocycles. The van der Waals surface area contributed by atoms with Gasteiger partial charge in [-0.25, -0.2) is 0 Å². The Morgan fingerprint density at radius 1 is 1.24 bits per heavy atom. The van der Waals surface area contributed by atoms with Crippen LogP contribution in [-0.4, -0.2) is 50.9 Å². The Hall–Kier alpha value is -1.63. The van der Waals surface area contributed by atoms with Crippen molar-refractivity contribution >= 4 is 28.9 Å². The first kappa shape index (κ1) is 18.2. The number of benzene rings is 1. The third-order valence-corrected chi connectivity index (χ3v) is 5.05. The lowest BCUT2D eigenvalue weighted by atomic mass is 10.2. The van der Waals surface area contributed by atoms with Gasteiger partial charge < -0.3 is 10.2 Å². The molecule has 0 unspecified atom stereocenters. The lowest BCUT2D eigenvalue weighted by Gasteiger charge is -2.36. The van der Waals surface area contributed by atoms with Gasteiger partial charge >= 0.3 is 0 Å². The fourth-order valence-corrected chi connectivity index (χ4v) is 3.43. The summed E-state index contributed by atoms with van der Waals surface area (Å²) in [7, 11) is 0. The monoisotopic (exact) mass is 377 g/mol. The molecule has 0 aliphatic carbocycles. The van der Waals surface area contributed by atoms with Crippen molar-refractivity contribution in [3.8, 4) is 0 Å². The molecule has 5 nitrogen and oxygen atoms in total. The molecule has 0 bridgehead atoms. The van der Waals surface area contributed by atoms with Gasteiger partial charge in [0.2, 0.25) is 0 Å². The molecular formula is C18H24ClN5S. The van der Waals surface area contributed by atoms with Crippen LogP contribution in [0.5, 0.6) is 0 Å². The maximum atomic E-state index is 6.07. The van der Waals surface area contributed by atoms with Crippen molar-refractivity contribution in [3.05, 3.63) is 52.8 Å². The third-order valence-electron chi connectivity index (χ3n) is 4.41. The standard InChI is InChI=1S/C18H24ClN5S/c1-2-24-14-16(12-21-24)11-20-18(25)23-8-6-22(7-9-23)13-15-4-3-5-17(19)10-15/h3-5,10,12,14H,2,6-9,11,13H2,1H3,(H,20,25). The second-order valence-corrected chi connectivity index (χ2v) is 7.08. The molecule has 1 aromatic carbocycles. The van der Waals surface area contributed by atoms with Gasteiger partial charge in [0.25, 0.3) is 0 Å². The molecular weight excluding hydrogens is 354 g/mol. The van der Waals surface area contributed by atoms with Gasteiger partial charge in [0, 0.05) is 62.6 Å². The van der Waals surface area contributed by atoms with Crippen LogP contribution in [0, 0.1) is 0 Å². The summed E-state index contributed by atoms with van der Waals surface area (Å²) in [5, 5.41) is 9.26. The highest BCUT2D eigenvalue weighted by Gasteiger charge is 2.19. The molecule has 1 aromatic heterocycles. The molecule has 3 rings (SSSR count).